The minimum atomic E-state index is -0.322. The quantitative estimate of drug-likeness (QED) is 0.731. The van der Waals surface area contributed by atoms with Crippen LogP contribution in [0.1, 0.15) is 41.2 Å². The number of rotatable bonds is 6. The monoisotopic (exact) mass is 412 g/mol. The van der Waals surface area contributed by atoms with Crippen molar-refractivity contribution in [3.05, 3.63) is 46.8 Å². The van der Waals surface area contributed by atoms with Gasteiger partial charge in [0, 0.05) is 43.0 Å². The lowest BCUT2D eigenvalue weighted by molar-refractivity contribution is -0.133. The molecule has 8 heteroatoms. The summed E-state index contributed by atoms with van der Waals surface area (Å²) in [5, 5.41) is 6.79. The van der Waals surface area contributed by atoms with Crippen molar-refractivity contribution in [3.8, 4) is 0 Å². The van der Waals surface area contributed by atoms with Gasteiger partial charge < -0.3 is 14.7 Å². The van der Waals surface area contributed by atoms with Crippen LogP contribution >= 0.6 is 0 Å². The number of piperazine rings is 1. The number of nitrogens with one attached hydrogen (secondary N) is 1. The van der Waals surface area contributed by atoms with Crippen LogP contribution in [0.25, 0.3) is 0 Å². The SMILES string of the molecule is CC(=O)c1ccc(NC(=O)C(C)N2CCN(C(=O)Cc3c(C)noc3C)CC2)cc1. The van der Waals surface area contributed by atoms with E-state index in [1.54, 1.807) is 24.3 Å². The van der Waals surface area contributed by atoms with Crippen molar-refractivity contribution in [2.45, 2.75) is 40.2 Å². The Labute approximate surface area is 176 Å². The predicted octanol–water partition coefficient (Wildman–Crippen LogP) is 2.21. The van der Waals surface area contributed by atoms with Crippen LogP contribution in [0, 0.1) is 13.8 Å². The second-order valence-electron chi connectivity index (χ2n) is 7.70. The first-order valence-corrected chi connectivity index (χ1v) is 10.1. The minimum absolute atomic E-state index is 0.0111. The number of benzene rings is 1. The van der Waals surface area contributed by atoms with Crippen LogP contribution in [0.4, 0.5) is 5.69 Å². The molecule has 2 amide bonds. The zero-order chi connectivity index (χ0) is 21.8. The number of carbonyl (C=O) groups excluding carboxylic acids is 3. The predicted molar refractivity (Wildman–Crippen MR) is 112 cm³/mol. The molecule has 1 aliphatic rings. The molecular weight excluding hydrogens is 384 g/mol. The molecule has 1 fully saturated rings. The van der Waals surface area contributed by atoms with E-state index in [1.165, 1.54) is 6.92 Å². The van der Waals surface area contributed by atoms with Gasteiger partial charge in [0.25, 0.3) is 0 Å². The van der Waals surface area contributed by atoms with Crippen molar-refractivity contribution >= 4 is 23.3 Å². The molecule has 1 N–H and O–H groups in total. The van der Waals surface area contributed by atoms with Gasteiger partial charge in [0.1, 0.15) is 5.76 Å². The van der Waals surface area contributed by atoms with Gasteiger partial charge in [-0.15, -0.1) is 0 Å². The fourth-order valence-corrected chi connectivity index (χ4v) is 3.58. The number of carbonyl (C=O) groups is 3. The van der Waals surface area contributed by atoms with Crippen molar-refractivity contribution in [2.24, 2.45) is 0 Å². The summed E-state index contributed by atoms with van der Waals surface area (Å²) in [6.45, 7) is 9.44. The maximum Gasteiger partial charge on any atom is 0.241 e. The van der Waals surface area contributed by atoms with Crippen LogP contribution < -0.4 is 5.32 Å². The molecule has 2 aromatic rings. The van der Waals surface area contributed by atoms with Crippen molar-refractivity contribution in [2.75, 3.05) is 31.5 Å². The van der Waals surface area contributed by atoms with Gasteiger partial charge in [-0.05, 0) is 52.0 Å². The Morgan fingerprint density at radius 1 is 1.10 bits per heavy atom. The number of hydrogen-bond acceptors (Lipinski definition) is 6. The minimum Gasteiger partial charge on any atom is -0.361 e. The smallest absolute Gasteiger partial charge is 0.241 e. The summed E-state index contributed by atoms with van der Waals surface area (Å²) in [6.07, 6.45) is 0.285. The van der Waals surface area contributed by atoms with Crippen molar-refractivity contribution < 1.29 is 18.9 Å². The number of hydrogen-bond donors (Lipinski definition) is 1. The third-order valence-corrected chi connectivity index (χ3v) is 5.66. The fraction of sp³-hybridized carbons (Fsp3) is 0.455. The van der Waals surface area contributed by atoms with Crippen LogP contribution in [0.5, 0.6) is 0 Å². The second-order valence-corrected chi connectivity index (χ2v) is 7.70. The van der Waals surface area contributed by atoms with Gasteiger partial charge in [-0.25, -0.2) is 0 Å². The van der Waals surface area contributed by atoms with Crippen LogP contribution in [0.2, 0.25) is 0 Å². The molecule has 160 valence electrons. The first kappa shape index (κ1) is 21.7. The van der Waals surface area contributed by atoms with Gasteiger partial charge >= 0.3 is 0 Å². The molecule has 1 aromatic heterocycles. The van der Waals surface area contributed by atoms with Gasteiger partial charge in [-0.2, -0.15) is 0 Å². The number of ketones is 1. The highest BCUT2D eigenvalue weighted by Gasteiger charge is 2.28. The molecule has 30 heavy (non-hydrogen) atoms. The summed E-state index contributed by atoms with van der Waals surface area (Å²) in [5.41, 5.74) is 2.87. The first-order chi connectivity index (χ1) is 14.3. The van der Waals surface area contributed by atoms with E-state index in [9.17, 15) is 14.4 Å². The number of nitrogens with zero attached hydrogens (tertiary/aromatic N) is 3. The highest BCUT2D eigenvalue weighted by molar-refractivity contribution is 5.97. The zero-order valence-corrected chi connectivity index (χ0v) is 17.9. The van der Waals surface area contributed by atoms with Gasteiger partial charge in [0.2, 0.25) is 11.8 Å². The normalized spacial score (nSPS) is 15.7. The molecular formula is C22H28N4O4. The van der Waals surface area contributed by atoms with Crippen LogP contribution in [0.15, 0.2) is 28.8 Å². The Balaban J connectivity index is 1.50. The lowest BCUT2D eigenvalue weighted by Gasteiger charge is -2.37. The Morgan fingerprint density at radius 2 is 1.73 bits per heavy atom. The summed E-state index contributed by atoms with van der Waals surface area (Å²) in [7, 11) is 0. The van der Waals surface area contributed by atoms with Crippen molar-refractivity contribution in [1.29, 1.82) is 0 Å². The molecule has 0 radical (unpaired) electrons. The van der Waals surface area contributed by atoms with E-state index < -0.39 is 0 Å². The summed E-state index contributed by atoms with van der Waals surface area (Å²) >= 11 is 0. The second kappa shape index (κ2) is 9.21. The van der Waals surface area contributed by atoms with E-state index in [2.05, 4.69) is 15.4 Å². The Kier molecular flexibility index (Phi) is 6.66. The number of anilines is 1. The fourth-order valence-electron chi connectivity index (χ4n) is 3.58. The lowest BCUT2D eigenvalue weighted by atomic mass is 10.1. The van der Waals surface area contributed by atoms with E-state index in [-0.39, 0.29) is 30.1 Å². The van der Waals surface area contributed by atoms with Crippen molar-refractivity contribution in [3.63, 3.8) is 0 Å². The standard InChI is InChI=1S/C22H28N4O4/c1-14-20(17(4)30-24-14)13-21(28)26-11-9-25(10-12-26)15(2)22(29)23-19-7-5-18(6-8-19)16(3)27/h5-8,15H,9-13H2,1-4H3,(H,23,29). The zero-order valence-electron chi connectivity index (χ0n) is 17.9. The molecule has 8 nitrogen and oxygen atoms in total. The lowest BCUT2D eigenvalue weighted by Crippen LogP contribution is -2.54. The van der Waals surface area contributed by atoms with Crippen molar-refractivity contribution in [1.82, 2.24) is 15.0 Å². The maximum atomic E-state index is 12.6. The topological polar surface area (TPSA) is 95.8 Å². The highest BCUT2D eigenvalue weighted by atomic mass is 16.5. The number of aryl methyl sites for hydroxylation is 2. The van der Waals surface area contributed by atoms with Gasteiger partial charge in [0.15, 0.2) is 5.78 Å². The molecule has 3 rings (SSSR count). The van der Waals surface area contributed by atoms with Gasteiger partial charge in [-0.1, -0.05) is 5.16 Å². The summed E-state index contributed by atoms with van der Waals surface area (Å²) < 4.78 is 5.14. The molecule has 0 aliphatic carbocycles. The van der Waals surface area contributed by atoms with Gasteiger partial charge in [-0.3, -0.25) is 19.3 Å². The Morgan fingerprint density at radius 3 is 2.27 bits per heavy atom. The molecule has 0 spiro atoms. The molecule has 1 aromatic carbocycles. The van der Waals surface area contributed by atoms with Gasteiger partial charge in [0.05, 0.1) is 18.2 Å². The molecule has 1 atom stereocenters. The molecule has 0 saturated carbocycles. The Hall–Kier alpha value is -3.00. The Bertz CT molecular complexity index is 908. The average Bonchev–Trinajstić information content (AvgIpc) is 3.05. The summed E-state index contributed by atoms with van der Waals surface area (Å²) in [4.78, 5) is 40.5. The molecule has 0 bridgehead atoms. The highest BCUT2D eigenvalue weighted by Crippen LogP contribution is 2.16. The third kappa shape index (κ3) is 4.94. The summed E-state index contributed by atoms with van der Waals surface area (Å²) in [6, 6.07) is 6.54. The van der Waals surface area contributed by atoms with E-state index in [0.29, 0.717) is 43.2 Å². The molecule has 2 heterocycles. The maximum absolute atomic E-state index is 12.6. The molecule has 1 saturated heterocycles. The summed E-state index contributed by atoms with van der Waals surface area (Å²) in [5.74, 6) is 0.608. The average molecular weight is 412 g/mol. The van der Waals surface area contributed by atoms with Crippen LogP contribution in [-0.2, 0) is 16.0 Å². The number of aromatic nitrogens is 1. The van der Waals surface area contributed by atoms with E-state index in [0.717, 1.165) is 11.3 Å². The van der Waals surface area contributed by atoms with E-state index in [1.807, 2.05) is 25.7 Å². The van der Waals surface area contributed by atoms with E-state index in [4.69, 9.17) is 4.52 Å². The van der Waals surface area contributed by atoms with E-state index >= 15 is 0 Å². The van der Waals surface area contributed by atoms with Crippen LogP contribution in [-0.4, -0.2) is 64.8 Å². The molecule has 1 unspecified atom stereocenters. The first-order valence-electron chi connectivity index (χ1n) is 10.1. The number of Topliss-reactive ketones (excluding diaryl/α,β-unsaturated/α-hetero) is 1. The van der Waals surface area contributed by atoms with Crippen LogP contribution in [0.3, 0.4) is 0 Å². The third-order valence-electron chi connectivity index (χ3n) is 5.66. The molecule has 1 aliphatic heterocycles. The number of amides is 2. The largest absolute Gasteiger partial charge is 0.361 e.